The summed E-state index contributed by atoms with van der Waals surface area (Å²) in [6, 6.07) is 19.6. The number of hydrogen-bond acceptors (Lipinski definition) is 4. The predicted octanol–water partition coefficient (Wildman–Crippen LogP) is 4.96. The number of carbonyl (C=O) groups excluding carboxylic acids is 1. The summed E-state index contributed by atoms with van der Waals surface area (Å²) in [5.74, 6) is -0.312. The van der Waals surface area contributed by atoms with Gasteiger partial charge in [0.1, 0.15) is 0 Å². The Morgan fingerprint density at radius 1 is 1.07 bits per heavy atom. The molecule has 0 saturated carbocycles. The summed E-state index contributed by atoms with van der Waals surface area (Å²) < 4.78 is 0. The van der Waals surface area contributed by atoms with Crippen LogP contribution in [0.4, 0.5) is 0 Å². The van der Waals surface area contributed by atoms with Gasteiger partial charge in [-0.2, -0.15) is 0 Å². The molecule has 1 aromatic heterocycles. The van der Waals surface area contributed by atoms with E-state index in [4.69, 9.17) is 10.7 Å². The van der Waals surface area contributed by atoms with E-state index < -0.39 is 0 Å². The number of rotatable bonds is 7. The molecule has 7 heteroatoms. The van der Waals surface area contributed by atoms with Crippen molar-refractivity contribution in [1.29, 1.82) is 0 Å². The van der Waals surface area contributed by atoms with E-state index in [0.29, 0.717) is 6.54 Å². The Labute approximate surface area is 188 Å². The monoisotopic (exact) mass is 451 g/mol. The topological polar surface area (TPSA) is 68.0 Å². The van der Waals surface area contributed by atoms with Gasteiger partial charge in [0.05, 0.1) is 16.6 Å². The minimum Gasteiger partial charge on any atom is -0.355 e. The molecule has 2 aromatic carbocycles. The number of nitrogens with one attached hydrogen (secondary N) is 1. The maximum atomic E-state index is 12.4. The average Bonchev–Trinajstić information content (AvgIpc) is 3.08. The molecule has 2 atom stereocenters. The summed E-state index contributed by atoms with van der Waals surface area (Å²) >= 11 is 1.69. The summed E-state index contributed by atoms with van der Waals surface area (Å²) in [5, 5.41) is 4.03. The summed E-state index contributed by atoms with van der Waals surface area (Å²) in [6.07, 6.45) is 0.720. The molecule has 0 spiro atoms. The molecule has 0 fully saturated rings. The summed E-state index contributed by atoms with van der Waals surface area (Å²) in [5.41, 5.74) is 9.37. The van der Waals surface area contributed by atoms with E-state index in [1.165, 1.54) is 4.88 Å². The van der Waals surface area contributed by atoms with Gasteiger partial charge in [0, 0.05) is 29.4 Å². The molecule has 29 heavy (non-hydrogen) atoms. The minimum absolute atomic E-state index is 0. The van der Waals surface area contributed by atoms with Crippen LogP contribution in [-0.2, 0) is 11.2 Å². The van der Waals surface area contributed by atoms with Gasteiger partial charge < -0.3 is 11.1 Å². The number of aryl methyl sites for hydroxylation is 1. The fraction of sp³-hybridized carbons (Fsp3) is 0.273. The van der Waals surface area contributed by atoms with E-state index in [1.54, 1.807) is 11.3 Å². The Balaban J connectivity index is 0.00000210. The number of nitrogens with zero attached hydrogens (tertiary/aromatic N) is 1. The summed E-state index contributed by atoms with van der Waals surface area (Å²) in [7, 11) is 0. The van der Waals surface area contributed by atoms with Crippen LogP contribution in [0.1, 0.15) is 28.4 Å². The number of hydrogen-bond donors (Lipinski definition) is 2. The van der Waals surface area contributed by atoms with Gasteiger partial charge in [-0.05, 0) is 12.5 Å². The lowest BCUT2D eigenvalue weighted by molar-refractivity contribution is -0.125. The second kappa shape index (κ2) is 11.9. The Kier molecular flexibility index (Phi) is 10.3. The molecule has 0 aliphatic heterocycles. The first-order chi connectivity index (χ1) is 13.1. The van der Waals surface area contributed by atoms with Crippen molar-refractivity contribution in [2.45, 2.75) is 26.3 Å². The maximum absolute atomic E-state index is 12.4. The number of halogens is 2. The van der Waals surface area contributed by atoms with Gasteiger partial charge in [-0.15, -0.1) is 36.2 Å². The van der Waals surface area contributed by atoms with Crippen molar-refractivity contribution in [3.63, 3.8) is 0 Å². The van der Waals surface area contributed by atoms with Crippen molar-refractivity contribution >= 4 is 42.1 Å². The highest BCUT2D eigenvalue weighted by molar-refractivity contribution is 7.12. The fourth-order valence-electron chi connectivity index (χ4n) is 3.00. The van der Waals surface area contributed by atoms with E-state index in [1.807, 2.05) is 55.5 Å². The summed E-state index contributed by atoms with van der Waals surface area (Å²) in [4.78, 5) is 18.4. The van der Waals surface area contributed by atoms with Crippen LogP contribution in [0.2, 0.25) is 0 Å². The zero-order valence-corrected chi connectivity index (χ0v) is 18.9. The van der Waals surface area contributed by atoms with E-state index in [2.05, 4.69) is 24.4 Å². The maximum Gasteiger partial charge on any atom is 0.224 e. The Morgan fingerprint density at radius 2 is 1.66 bits per heavy atom. The lowest BCUT2D eigenvalue weighted by Gasteiger charge is -2.19. The Bertz CT molecular complexity index is 888. The third-order valence-electron chi connectivity index (χ3n) is 4.66. The molecule has 0 aliphatic rings. The first-order valence-electron chi connectivity index (χ1n) is 9.16. The van der Waals surface area contributed by atoms with Gasteiger partial charge >= 0.3 is 0 Å². The van der Waals surface area contributed by atoms with Gasteiger partial charge in [0.15, 0.2) is 0 Å². The first-order valence-corrected chi connectivity index (χ1v) is 9.98. The molecule has 1 amide bonds. The third-order valence-corrected chi connectivity index (χ3v) is 5.69. The van der Waals surface area contributed by atoms with Crippen molar-refractivity contribution in [2.24, 2.45) is 11.7 Å². The third kappa shape index (κ3) is 6.54. The SMILES string of the molecule is Cc1sc(CCNC(=O)C(C)C(N)c2ccccc2)nc1-c1ccccc1.Cl.Cl. The average molecular weight is 452 g/mol. The van der Waals surface area contributed by atoms with E-state index in [-0.39, 0.29) is 42.7 Å². The molecular weight excluding hydrogens is 425 g/mol. The molecule has 4 nitrogen and oxygen atoms in total. The smallest absolute Gasteiger partial charge is 0.224 e. The van der Waals surface area contributed by atoms with Crippen molar-refractivity contribution in [3.8, 4) is 11.3 Å². The molecule has 1 heterocycles. The molecule has 2 unspecified atom stereocenters. The molecule has 0 radical (unpaired) electrons. The van der Waals surface area contributed by atoms with Crippen LogP contribution in [0.25, 0.3) is 11.3 Å². The zero-order chi connectivity index (χ0) is 19.2. The van der Waals surface area contributed by atoms with Gasteiger partial charge in [-0.3, -0.25) is 4.79 Å². The lowest BCUT2D eigenvalue weighted by atomic mass is 9.95. The molecule has 3 rings (SSSR count). The zero-order valence-electron chi connectivity index (χ0n) is 16.5. The number of nitrogens with two attached hydrogens (primary N) is 1. The van der Waals surface area contributed by atoms with Crippen LogP contribution in [0, 0.1) is 12.8 Å². The van der Waals surface area contributed by atoms with Crippen LogP contribution in [0.5, 0.6) is 0 Å². The Morgan fingerprint density at radius 3 is 2.28 bits per heavy atom. The van der Waals surface area contributed by atoms with Gasteiger partial charge in [0.2, 0.25) is 5.91 Å². The van der Waals surface area contributed by atoms with Crippen molar-refractivity contribution in [1.82, 2.24) is 10.3 Å². The number of aromatic nitrogens is 1. The fourth-order valence-corrected chi connectivity index (χ4v) is 3.96. The van der Waals surface area contributed by atoms with Gasteiger partial charge in [0.25, 0.3) is 0 Å². The van der Waals surface area contributed by atoms with Crippen LogP contribution >= 0.6 is 36.2 Å². The van der Waals surface area contributed by atoms with Gasteiger partial charge in [-0.1, -0.05) is 67.6 Å². The molecule has 0 aliphatic carbocycles. The van der Waals surface area contributed by atoms with Crippen LogP contribution in [-0.4, -0.2) is 17.4 Å². The van der Waals surface area contributed by atoms with Crippen LogP contribution in [0.3, 0.4) is 0 Å². The molecule has 0 bridgehead atoms. The van der Waals surface area contributed by atoms with Crippen LogP contribution < -0.4 is 11.1 Å². The van der Waals surface area contributed by atoms with Crippen LogP contribution in [0.15, 0.2) is 60.7 Å². The number of carbonyl (C=O) groups is 1. The lowest BCUT2D eigenvalue weighted by Crippen LogP contribution is -2.36. The Hall–Kier alpha value is -1.92. The molecule has 0 saturated heterocycles. The highest BCUT2D eigenvalue weighted by Gasteiger charge is 2.21. The van der Waals surface area contributed by atoms with Crippen molar-refractivity contribution in [2.75, 3.05) is 6.54 Å². The highest BCUT2D eigenvalue weighted by atomic mass is 35.5. The number of thiazole rings is 1. The summed E-state index contributed by atoms with van der Waals surface area (Å²) in [6.45, 7) is 4.52. The molecule has 3 aromatic rings. The number of benzene rings is 2. The standard InChI is InChI=1S/C22H25N3OS.2ClH/c1-15(20(23)17-9-5-3-6-10-17)22(26)24-14-13-19-25-21(16(2)27-19)18-11-7-4-8-12-18;;/h3-12,15,20H,13-14,23H2,1-2H3,(H,24,26);2*1H. The quantitative estimate of drug-likeness (QED) is 0.533. The minimum atomic E-state index is -0.307. The largest absolute Gasteiger partial charge is 0.355 e. The second-order valence-corrected chi connectivity index (χ2v) is 7.93. The van der Waals surface area contributed by atoms with Gasteiger partial charge in [-0.25, -0.2) is 4.98 Å². The number of amides is 1. The molecule has 156 valence electrons. The molecular formula is C22H27Cl2N3OS. The predicted molar refractivity (Wildman–Crippen MR) is 126 cm³/mol. The second-order valence-electron chi connectivity index (χ2n) is 6.64. The first kappa shape index (κ1) is 25.1. The van der Waals surface area contributed by atoms with Crippen molar-refractivity contribution in [3.05, 3.63) is 76.1 Å². The highest BCUT2D eigenvalue weighted by Crippen LogP contribution is 2.27. The molecule has 3 N–H and O–H groups in total. The van der Waals surface area contributed by atoms with E-state index in [0.717, 1.165) is 28.2 Å². The van der Waals surface area contributed by atoms with E-state index >= 15 is 0 Å². The van der Waals surface area contributed by atoms with Crippen molar-refractivity contribution < 1.29 is 4.79 Å². The van der Waals surface area contributed by atoms with E-state index in [9.17, 15) is 4.79 Å². The normalized spacial score (nSPS) is 12.2.